The first-order valence-corrected chi connectivity index (χ1v) is 5.85. The van der Waals surface area contributed by atoms with E-state index in [9.17, 15) is 18.5 Å². The van der Waals surface area contributed by atoms with Crippen molar-refractivity contribution in [3.63, 3.8) is 0 Å². The Bertz CT molecular complexity index is 509. The second-order valence-corrected chi connectivity index (χ2v) is 5.03. The fourth-order valence-electron chi connectivity index (χ4n) is 1.14. The van der Waals surface area contributed by atoms with Crippen LogP contribution < -0.4 is 0 Å². The third-order valence-corrected chi connectivity index (χ3v) is 3.57. The molecule has 0 amide bonds. The molecule has 16 heavy (non-hydrogen) atoms. The Morgan fingerprint density at radius 2 is 2.00 bits per heavy atom. The van der Waals surface area contributed by atoms with E-state index in [-0.39, 0.29) is 0 Å². The molecule has 0 aromatic heterocycles. The summed E-state index contributed by atoms with van der Waals surface area (Å²) in [5.41, 5.74) is -0.701. The van der Waals surface area contributed by atoms with Gasteiger partial charge in [-0.3, -0.25) is 10.1 Å². The lowest BCUT2D eigenvalue weighted by atomic mass is 10.3. The number of hydrogen-bond acceptors (Lipinski definition) is 6. The summed E-state index contributed by atoms with van der Waals surface area (Å²) >= 11 is 0. The van der Waals surface area contributed by atoms with Gasteiger partial charge in [0.25, 0.3) is 5.69 Å². The van der Waals surface area contributed by atoms with E-state index in [2.05, 4.69) is 0 Å². The Kier molecular flexibility index (Phi) is 3.45. The molecule has 1 aromatic rings. The van der Waals surface area contributed by atoms with Gasteiger partial charge >= 0.3 is 0 Å². The minimum Gasteiger partial charge on any atom is -0.508 e. The first-order valence-electron chi connectivity index (χ1n) is 4.19. The maximum absolute atomic E-state index is 11.5. The summed E-state index contributed by atoms with van der Waals surface area (Å²) in [6, 6.07) is 2.74. The molecular formula is C8H9NO6S. The first kappa shape index (κ1) is 12.4. The van der Waals surface area contributed by atoms with Crippen molar-refractivity contribution in [2.75, 3.05) is 12.4 Å². The average Bonchev–Trinajstić information content (AvgIpc) is 2.16. The van der Waals surface area contributed by atoms with E-state index >= 15 is 0 Å². The zero-order chi connectivity index (χ0) is 12.3. The van der Waals surface area contributed by atoms with Crippen LogP contribution in [0.1, 0.15) is 0 Å². The smallest absolute Gasteiger partial charge is 0.291 e. The summed E-state index contributed by atoms with van der Waals surface area (Å²) in [7, 11) is -3.91. The van der Waals surface area contributed by atoms with Gasteiger partial charge in [-0.1, -0.05) is 0 Å². The maximum Gasteiger partial charge on any atom is 0.291 e. The molecule has 0 radical (unpaired) electrons. The Balaban J connectivity index is 3.39. The van der Waals surface area contributed by atoms with Crippen molar-refractivity contribution in [2.24, 2.45) is 0 Å². The quantitative estimate of drug-likeness (QED) is 0.574. The fraction of sp³-hybridized carbons (Fsp3) is 0.250. The van der Waals surface area contributed by atoms with Gasteiger partial charge in [0.05, 0.1) is 23.3 Å². The van der Waals surface area contributed by atoms with Crippen molar-refractivity contribution in [1.82, 2.24) is 0 Å². The second kappa shape index (κ2) is 4.45. The number of hydrogen-bond donors (Lipinski definition) is 2. The minimum absolute atomic E-state index is 0.394. The summed E-state index contributed by atoms with van der Waals surface area (Å²) in [4.78, 5) is 9.18. The summed E-state index contributed by atoms with van der Waals surface area (Å²) in [6.07, 6.45) is 0. The number of sulfone groups is 1. The minimum atomic E-state index is -3.91. The highest BCUT2D eigenvalue weighted by atomic mass is 32.2. The van der Waals surface area contributed by atoms with Crippen molar-refractivity contribution in [3.8, 4) is 5.75 Å². The van der Waals surface area contributed by atoms with Crippen molar-refractivity contribution in [3.05, 3.63) is 28.3 Å². The van der Waals surface area contributed by atoms with Gasteiger partial charge in [-0.25, -0.2) is 8.42 Å². The van der Waals surface area contributed by atoms with Crippen LogP contribution in [-0.2, 0) is 9.84 Å². The Morgan fingerprint density at radius 1 is 1.38 bits per heavy atom. The summed E-state index contributed by atoms with van der Waals surface area (Å²) in [6.45, 7) is -0.625. The largest absolute Gasteiger partial charge is 0.508 e. The van der Waals surface area contributed by atoms with E-state index in [0.717, 1.165) is 18.2 Å². The lowest BCUT2D eigenvalue weighted by Crippen LogP contribution is -2.12. The Morgan fingerprint density at radius 3 is 2.50 bits per heavy atom. The molecule has 8 heteroatoms. The van der Waals surface area contributed by atoms with E-state index < -0.39 is 43.5 Å². The Hall–Kier alpha value is -1.67. The van der Waals surface area contributed by atoms with Crippen LogP contribution in [0.4, 0.5) is 5.69 Å². The highest BCUT2D eigenvalue weighted by Gasteiger charge is 2.25. The molecule has 1 rings (SSSR count). The molecule has 0 spiro atoms. The van der Waals surface area contributed by atoms with Gasteiger partial charge in [0, 0.05) is 0 Å². The van der Waals surface area contributed by atoms with Crippen molar-refractivity contribution in [1.29, 1.82) is 0 Å². The Labute approximate surface area is 91.0 Å². The third kappa shape index (κ3) is 2.47. The van der Waals surface area contributed by atoms with Gasteiger partial charge in [-0.15, -0.1) is 0 Å². The number of aliphatic hydroxyl groups is 1. The van der Waals surface area contributed by atoms with E-state index in [4.69, 9.17) is 10.2 Å². The normalized spacial score (nSPS) is 11.3. The summed E-state index contributed by atoms with van der Waals surface area (Å²) < 4.78 is 23.0. The van der Waals surface area contributed by atoms with Crippen LogP contribution >= 0.6 is 0 Å². The van der Waals surface area contributed by atoms with E-state index in [1.54, 1.807) is 0 Å². The predicted molar refractivity (Wildman–Crippen MR) is 53.9 cm³/mol. The summed E-state index contributed by atoms with van der Waals surface area (Å²) in [5.74, 6) is -0.992. The second-order valence-electron chi connectivity index (χ2n) is 2.95. The molecule has 88 valence electrons. The maximum atomic E-state index is 11.5. The molecule has 0 aliphatic carbocycles. The topological polar surface area (TPSA) is 118 Å². The first-order chi connectivity index (χ1) is 7.38. The lowest BCUT2D eigenvalue weighted by Gasteiger charge is -2.03. The monoisotopic (exact) mass is 247 g/mol. The van der Waals surface area contributed by atoms with E-state index in [1.165, 1.54) is 0 Å². The molecule has 0 bridgehead atoms. The number of phenolic OH excluding ortho intramolecular Hbond substituents is 1. The van der Waals surface area contributed by atoms with Crippen LogP contribution in [0, 0.1) is 10.1 Å². The van der Waals surface area contributed by atoms with Crippen LogP contribution in [0.25, 0.3) is 0 Å². The van der Waals surface area contributed by atoms with Crippen LogP contribution in [0.5, 0.6) is 5.75 Å². The van der Waals surface area contributed by atoms with Gasteiger partial charge in [-0.05, 0) is 12.1 Å². The molecule has 0 unspecified atom stereocenters. The highest BCUT2D eigenvalue weighted by Crippen LogP contribution is 2.28. The van der Waals surface area contributed by atoms with Gasteiger partial charge in [0.15, 0.2) is 9.84 Å². The van der Waals surface area contributed by atoms with Crippen LogP contribution in [0.15, 0.2) is 23.1 Å². The van der Waals surface area contributed by atoms with E-state index in [1.807, 2.05) is 0 Å². The number of aromatic hydroxyl groups is 1. The number of nitro benzene ring substituents is 1. The molecular weight excluding hydrogens is 238 g/mol. The van der Waals surface area contributed by atoms with Crippen LogP contribution in [0.2, 0.25) is 0 Å². The molecule has 0 aliphatic heterocycles. The van der Waals surface area contributed by atoms with Crippen molar-refractivity contribution in [2.45, 2.75) is 4.90 Å². The van der Waals surface area contributed by atoms with Gasteiger partial charge in [0.1, 0.15) is 10.6 Å². The molecule has 0 atom stereocenters. The van der Waals surface area contributed by atoms with Crippen molar-refractivity contribution < 1.29 is 23.6 Å². The standard InChI is InChI=1S/C8H9NO6S/c10-3-4-16(14,15)8-2-1-6(11)5-7(8)9(12)13/h1-2,5,10-11H,3-4H2. The average molecular weight is 247 g/mol. The zero-order valence-electron chi connectivity index (χ0n) is 8.03. The summed E-state index contributed by atoms with van der Waals surface area (Å²) in [5, 5.41) is 28.2. The fourth-order valence-corrected chi connectivity index (χ4v) is 2.33. The number of rotatable bonds is 4. The molecule has 0 aliphatic rings. The zero-order valence-corrected chi connectivity index (χ0v) is 8.85. The number of aliphatic hydroxyl groups excluding tert-OH is 1. The molecule has 0 saturated heterocycles. The van der Waals surface area contributed by atoms with Gasteiger partial charge in [-0.2, -0.15) is 0 Å². The predicted octanol–water partition coefficient (Wildman–Crippen LogP) is 0.0664. The van der Waals surface area contributed by atoms with Crippen LogP contribution in [0.3, 0.4) is 0 Å². The lowest BCUT2D eigenvalue weighted by molar-refractivity contribution is -0.387. The molecule has 7 nitrogen and oxygen atoms in total. The number of phenols is 1. The van der Waals surface area contributed by atoms with Gasteiger partial charge in [0.2, 0.25) is 0 Å². The third-order valence-electron chi connectivity index (χ3n) is 1.83. The molecule has 0 saturated carbocycles. The van der Waals surface area contributed by atoms with E-state index in [0.29, 0.717) is 0 Å². The van der Waals surface area contributed by atoms with Gasteiger partial charge < -0.3 is 10.2 Å². The molecule has 2 N–H and O–H groups in total. The SMILES string of the molecule is O=[N+]([O-])c1cc(O)ccc1S(=O)(=O)CCO. The van der Waals surface area contributed by atoms with Crippen molar-refractivity contribution >= 4 is 15.5 Å². The number of nitro groups is 1. The molecule has 1 aromatic carbocycles. The molecule has 0 fully saturated rings. The number of benzene rings is 1. The van der Waals surface area contributed by atoms with Crippen LogP contribution in [-0.4, -0.2) is 35.9 Å². The number of nitrogens with zero attached hydrogens (tertiary/aromatic N) is 1. The highest BCUT2D eigenvalue weighted by molar-refractivity contribution is 7.91. The molecule has 0 heterocycles.